The zero-order valence-corrected chi connectivity index (χ0v) is 17.9. The molecule has 3 rings (SSSR count). The molecule has 0 aliphatic heterocycles. The second kappa shape index (κ2) is 10.8. The lowest BCUT2D eigenvalue weighted by atomic mass is 10.1. The van der Waals surface area contributed by atoms with Gasteiger partial charge in [0, 0.05) is 17.3 Å². The van der Waals surface area contributed by atoms with Crippen molar-refractivity contribution >= 4 is 17.7 Å². The Kier molecular flexibility index (Phi) is 7.60. The summed E-state index contributed by atoms with van der Waals surface area (Å²) in [7, 11) is 1.53. The molecule has 0 aliphatic carbocycles. The molecule has 162 valence electrons. The summed E-state index contributed by atoms with van der Waals surface area (Å²) in [6.07, 6.45) is 2.35. The van der Waals surface area contributed by atoms with Gasteiger partial charge in [-0.2, -0.15) is 5.26 Å². The molecule has 0 saturated heterocycles. The summed E-state index contributed by atoms with van der Waals surface area (Å²) in [5, 5.41) is 12.3. The highest BCUT2D eigenvalue weighted by Gasteiger charge is 2.13. The number of halogens is 1. The van der Waals surface area contributed by atoms with E-state index in [2.05, 4.69) is 5.32 Å². The molecule has 0 bridgehead atoms. The third-order valence-electron chi connectivity index (χ3n) is 4.79. The Bertz CT molecular complexity index is 1160. The van der Waals surface area contributed by atoms with Gasteiger partial charge in [0.15, 0.2) is 0 Å². The summed E-state index contributed by atoms with van der Waals surface area (Å²) in [5.41, 5.74) is 2.85. The van der Waals surface area contributed by atoms with Gasteiger partial charge in [-0.15, -0.1) is 0 Å². The Balaban J connectivity index is 1.83. The highest BCUT2D eigenvalue weighted by Crippen LogP contribution is 2.28. The van der Waals surface area contributed by atoms with E-state index in [1.807, 2.05) is 25.1 Å². The molecule has 0 radical (unpaired) electrons. The molecule has 5 nitrogen and oxygen atoms in total. The molecular weight excluding hydrogens is 407 g/mol. The first-order valence-electron chi connectivity index (χ1n) is 10.1. The molecule has 3 aromatic carbocycles. The average Bonchev–Trinajstić information content (AvgIpc) is 2.82. The lowest BCUT2D eigenvalue weighted by molar-refractivity contribution is -0.112. The van der Waals surface area contributed by atoms with Gasteiger partial charge in [-0.25, -0.2) is 4.39 Å². The first-order valence-corrected chi connectivity index (χ1v) is 10.1. The van der Waals surface area contributed by atoms with Crippen molar-refractivity contribution in [3.05, 3.63) is 94.8 Å². The topological polar surface area (TPSA) is 71.4 Å². The second-order valence-corrected chi connectivity index (χ2v) is 7.00. The Morgan fingerprint density at radius 1 is 1.09 bits per heavy atom. The molecule has 0 saturated carbocycles. The summed E-state index contributed by atoms with van der Waals surface area (Å²) < 4.78 is 24.6. The molecule has 0 aliphatic rings. The van der Waals surface area contributed by atoms with Crippen molar-refractivity contribution < 1.29 is 18.7 Å². The van der Waals surface area contributed by atoms with E-state index in [1.165, 1.54) is 25.3 Å². The molecule has 0 spiro atoms. The van der Waals surface area contributed by atoms with Crippen molar-refractivity contribution in [1.29, 1.82) is 5.26 Å². The van der Waals surface area contributed by atoms with Crippen LogP contribution in [-0.2, 0) is 17.8 Å². The summed E-state index contributed by atoms with van der Waals surface area (Å²) >= 11 is 0. The van der Waals surface area contributed by atoms with E-state index in [9.17, 15) is 14.4 Å². The van der Waals surface area contributed by atoms with Crippen LogP contribution in [0, 0.1) is 17.1 Å². The number of hydrogen-bond acceptors (Lipinski definition) is 4. The zero-order chi connectivity index (χ0) is 22.9. The number of rotatable bonds is 8. The van der Waals surface area contributed by atoms with Crippen molar-refractivity contribution in [3.63, 3.8) is 0 Å². The van der Waals surface area contributed by atoms with E-state index in [0.29, 0.717) is 28.3 Å². The largest absolute Gasteiger partial charge is 0.497 e. The molecule has 32 heavy (non-hydrogen) atoms. The molecule has 0 fully saturated rings. The SMILES string of the molecule is CCc1ccc(NC(=O)/C(C#N)=C/c2ccc(OC)cc2OCc2cccc(F)c2)cc1. The van der Waals surface area contributed by atoms with Crippen molar-refractivity contribution in [1.82, 2.24) is 0 Å². The van der Waals surface area contributed by atoms with Crippen LogP contribution in [0.1, 0.15) is 23.6 Å². The number of aryl methyl sites for hydroxylation is 1. The number of carbonyl (C=O) groups excluding carboxylic acids is 1. The summed E-state index contributed by atoms with van der Waals surface area (Å²) in [5.74, 6) is 0.0766. The van der Waals surface area contributed by atoms with Crippen LogP contribution in [0.15, 0.2) is 72.3 Å². The Morgan fingerprint density at radius 2 is 1.88 bits per heavy atom. The van der Waals surface area contributed by atoms with Crippen LogP contribution in [-0.4, -0.2) is 13.0 Å². The molecule has 1 amide bonds. The van der Waals surface area contributed by atoms with Crippen LogP contribution >= 0.6 is 0 Å². The maximum Gasteiger partial charge on any atom is 0.266 e. The van der Waals surface area contributed by atoms with Crippen LogP contribution in [0.3, 0.4) is 0 Å². The fraction of sp³-hybridized carbons (Fsp3) is 0.154. The number of anilines is 1. The highest BCUT2D eigenvalue weighted by molar-refractivity contribution is 6.09. The molecule has 0 heterocycles. The number of nitriles is 1. The van der Waals surface area contributed by atoms with Crippen LogP contribution < -0.4 is 14.8 Å². The zero-order valence-electron chi connectivity index (χ0n) is 17.9. The van der Waals surface area contributed by atoms with Crippen LogP contribution in [0.25, 0.3) is 6.08 Å². The van der Waals surface area contributed by atoms with E-state index in [1.54, 1.807) is 42.5 Å². The second-order valence-electron chi connectivity index (χ2n) is 7.00. The summed E-state index contributed by atoms with van der Waals surface area (Å²) in [6.45, 7) is 2.16. The highest BCUT2D eigenvalue weighted by atomic mass is 19.1. The molecule has 1 N–H and O–H groups in total. The quantitative estimate of drug-likeness (QED) is 0.377. The van der Waals surface area contributed by atoms with E-state index < -0.39 is 5.91 Å². The number of carbonyl (C=O) groups is 1. The van der Waals surface area contributed by atoms with E-state index >= 15 is 0 Å². The fourth-order valence-electron chi connectivity index (χ4n) is 3.00. The molecule has 0 unspecified atom stereocenters. The minimum absolute atomic E-state index is 0.0784. The monoisotopic (exact) mass is 430 g/mol. The third-order valence-corrected chi connectivity index (χ3v) is 4.79. The molecule has 0 atom stereocenters. The first-order chi connectivity index (χ1) is 15.5. The first kappa shape index (κ1) is 22.6. The number of ether oxygens (including phenoxy) is 2. The van der Waals surface area contributed by atoms with Gasteiger partial charge in [-0.05, 0) is 60.0 Å². The third kappa shape index (κ3) is 5.96. The fourth-order valence-corrected chi connectivity index (χ4v) is 3.00. The lowest BCUT2D eigenvalue weighted by Crippen LogP contribution is -2.13. The van der Waals surface area contributed by atoms with Gasteiger partial charge in [0.2, 0.25) is 0 Å². The maximum absolute atomic E-state index is 13.5. The minimum atomic E-state index is -0.524. The van der Waals surface area contributed by atoms with E-state index in [-0.39, 0.29) is 18.0 Å². The van der Waals surface area contributed by atoms with Gasteiger partial charge >= 0.3 is 0 Å². The Labute approximate surface area is 186 Å². The van der Waals surface area contributed by atoms with Crippen LogP contribution in [0.5, 0.6) is 11.5 Å². The van der Waals surface area contributed by atoms with Crippen molar-refractivity contribution in [3.8, 4) is 17.6 Å². The van der Waals surface area contributed by atoms with Crippen molar-refractivity contribution in [2.45, 2.75) is 20.0 Å². The Morgan fingerprint density at radius 3 is 2.53 bits per heavy atom. The smallest absolute Gasteiger partial charge is 0.266 e. The number of benzene rings is 3. The standard InChI is InChI=1S/C26H23FN2O3/c1-3-18-7-10-23(11-8-18)29-26(30)21(16-28)14-20-9-12-24(31-2)15-25(20)32-17-19-5-4-6-22(27)13-19/h4-15H,3,17H2,1-2H3,(H,29,30)/b21-14+. The van der Waals surface area contributed by atoms with Crippen LogP contribution in [0.2, 0.25) is 0 Å². The number of nitrogens with one attached hydrogen (secondary N) is 1. The molecule has 3 aromatic rings. The Hall–Kier alpha value is -4.11. The van der Waals surface area contributed by atoms with Crippen molar-refractivity contribution in [2.24, 2.45) is 0 Å². The minimum Gasteiger partial charge on any atom is -0.497 e. The van der Waals surface area contributed by atoms with Gasteiger partial charge in [0.25, 0.3) is 5.91 Å². The van der Waals surface area contributed by atoms with Gasteiger partial charge in [-0.3, -0.25) is 4.79 Å². The molecular formula is C26H23FN2O3. The predicted molar refractivity (Wildman–Crippen MR) is 122 cm³/mol. The molecule has 6 heteroatoms. The number of methoxy groups -OCH3 is 1. The number of hydrogen-bond donors (Lipinski definition) is 1. The van der Waals surface area contributed by atoms with Crippen molar-refractivity contribution in [2.75, 3.05) is 12.4 Å². The number of amides is 1. The van der Waals surface area contributed by atoms with Gasteiger partial charge in [0.05, 0.1) is 7.11 Å². The van der Waals surface area contributed by atoms with Crippen LogP contribution in [0.4, 0.5) is 10.1 Å². The average molecular weight is 430 g/mol. The van der Waals surface area contributed by atoms with E-state index in [0.717, 1.165) is 12.0 Å². The lowest BCUT2D eigenvalue weighted by Gasteiger charge is -2.12. The molecule has 0 aromatic heterocycles. The normalized spacial score (nSPS) is 10.9. The van der Waals surface area contributed by atoms with Gasteiger partial charge in [0.1, 0.15) is 35.6 Å². The maximum atomic E-state index is 13.5. The van der Waals surface area contributed by atoms with E-state index in [4.69, 9.17) is 9.47 Å². The van der Waals surface area contributed by atoms with Gasteiger partial charge in [-0.1, -0.05) is 31.2 Å². The number of nitrogens with zero attached hydrogens (tertiary/aromatic N) is 1. The summed E-state index contributed by atoms with van der Waals surface area (Å²) in [6, 6.07) is 20.5. The van der Waals surface area contributed by atoms with Gasteiger partial charge < -0.3 is 14.8 Å². The predicted octanol–water partition coefficient (Wildman–Crippen LogP) is 5.52. The summed E-state index contributed by atoms with van der Waals surface area (Å²) in [4.78, 5) is 12.6.